The van der Waals surface area contributed by atoms with E-state index in [9.17, 15) is 4.79 Å². The summed E-state index contributed by atoms with van der Waals surface area (Å²) in [6.07, 6.45) is 1.40. The van der Waals surface area contributed by atoms with Crippen LogP contribution in [0.2, 0.25) is 0 Å². The molecule has 0 amide bonds. The van der Waals surface area contributed by atoms with E-state index < -0.39 is 0 Å². The summed E-state index contributed by atoms with van der Waals surface area (Å²) in [5, 5.41) is 4.15. The molecule has 0 bridgehead atoms. The van der Waals surface area contributed by atoms with Crippen molar-refractivity contribution < 1.29 is 14.3 Å². The zero-order valence-corrected chi connectivity index (χ0v) is 11.9. The third-order valence-corrected chi connectivity index (χ3v) is 3.06. The van der Waals surface area contributed by atoms with Crippen LogP contribution in [0.1, 0.15) is 17.3 Å². The van der Waals surface area contributed by atoms with Crippen LogP contribution in [-0.4, -0.2) is 35.6 Å². The minimum absolute atomic E-state index is 0.129. The van der Waals surface area contributed by atoms with Gasteiger partial charge in [-0.25, -0.2) is 4.79 Å². The second kappa shape index (κ2) is 6.34. The number of aryl methyl sites for hydroxylation is 1. The summed E-state index contributed by atoms with van der Waals surface area (Å²) in [5.41, 5.74) is 2.14. The first-order chi connectivity index (χ1) is 9.63. The molecular weight excluding hydrogens is 256 g/mol. The number of esters is 1. The average Bonchev–Trinajstić information content (AvgIpc) is 2.87. The lowest BCUT2D eigenvalue weighted by atomic mass is 10.1. The van der Waals surface area contributed by atoms with Gasteiger partial charge in [0.25, 0.3) is 0 Å². The van der Waals surface area contributed by atoms with Gasteiger partial charge < -0.3 is 9.47 Å². The van der Waals surface area contributed by atoms with Crippen LogP contribution in [-0.2, 0) is 16.5 Å². The maximum Gasteiger partial charge on any atom is 0.342 e. The topological polar surface area (TPSA) is 53.4 Å². The Morgan fingerprint density at radius 2 is 2.05 bits per heavy atom. The molecule has 0 N–H and O–H groups in total. The van der Waals surface area contributed by atoms with Gasteiger partial charge >= 0.3 is 5.97 Å². The molecule has 5 heteroatoms. The molecule has 106 valence electrons. The Bertz CT molecular complexity index is 578. The molecule has 2 rings (SSSR count). The fourth-order valence-corrected chi connectivity index (χ4v) is 1.86. The van der Waals surface area contributed by atoms with E-state index >= 15 is 0 Å². The molecule has 1 heterocycles. The average molecular weight is 274 g/mol. The number of rotatable bonds is 5. The molecule has 5 nitrogen and oxygen atoms in total. The monoisotopic (exact) mass is 274 g/mol. The summed E-state index contributed by atoms with van der Waals surface area (Å²) in [6.45, 7) is 2.06. The quantitative estimate of drug-likeness (QED) is 0.785. The largest absolute Gasteiger partial charge is 0.459 e. The molecule has 0 aliphatic heterocycles. The Morgan fingerprint density at radius 3 is 2.70 bits per heavy atom. The van der Waals surface area contributed by atoms with Crippen molar-refractivity contribution in [2.24, 2.45) is 7.05 Å². The number of carbonyl (C=O) groups is 1. The first-order valence-corrected chi connectivity index (χ1v) is 6.40. The van der Waals surface area contributed by atoms with Gasteiger partial charge in [0.1, 0.15) is 12.2 Å². The lowest BCUT2D eigenvalue weighted by Gasteiger charge is -2.10. The molecule has 0 radical (unpaired) electrons. The summed E-state index contributed by atoms with van der Waals surface area (Å²) in [4.78, 5) is 12.1. The van der Waals surface area contributed by atoms with Crippen LogP contribution < -0.4 is 0 Å². The summed E-state index contributed by atoms with van der Waals surface area (Å²) in [7, 11) is 3.38. The smallest absolute Gasteiger partial charge is 0.342 e. The number of hydrogen-bond acceptors (Lipinski definition) is 4. The molecule has 1 atom stereocenters. The Morgan fingerprint density at radius 1 is 1.35 bits per heavy atom. The van der Waals surface area contributed by atoms with E-state index in [-0.39, 0.29) is 18.7 Å². The summed E-state index contributed by atoms with van der Waals surface area (Å²) < 4.78 is 12.0. The predicted molar refractivity (Wildman–Crippen MR) is 75.4 cm³/mol. The summed E-state index contributed by atoms with van der Waals surface area (Å²) in [5.74, 6) is -0.388. The van der Waals surface area contributed by atoms with Crippen molar-refractivity contribution in [3.05, 3.63) is 42.1 Å². The number of nitrogens with zero attached hydrogens (tertiary/aromatic N) is 2. The molecule has 1 aromatic carbocycles. The van der Waals surface area contributed by atoms with Crippen molar-refractivity contribution in [2.75, 3.05) is 13.7 Å². The number of methoxy groups -OCH3 is 1. The summed E-state index contributed by atoms with van der Waals surface area (Å²) >= 11 is 0. The molecule has 0 fully saturated rings. The zero-order chi connectivity index (χ0) is 14.5. The van der Waals surface area contributed by atoms with Crippen LogP contribution in [0.3, 0.4) is 0 Å². The van der Waals surface area contributed by atoms with Crippen LogP contribution in [0.4, 0.5) is 0 Å². The molecule has 0 saturated carbocycles. The maximum atomic E-state index is 12.1. The lowest BCUT2D eigenvalue weighted by Crippen LogP contribution is -2.17. The van der Waals surface area contributed by atoms with Crippen molar-refractivity contribution >= 4 is 5.97 Å². The molecule has 2 aromatic rings. The normalized spacial score (nSPS) is 12.2. The second-order valence-electron chi connectivity index (χ2n) is 4.54. The van der Waals surface area contributed by atoms with Crippen molar-refractivity contribution in [3.63, 3.8) is 0 Å². The molecule has 0 aliphatic carbocycles. The zero-order valence-electron chi connectivity index (χ0n) is 11.9. The first-order valence-electron chi connectivity index (χ1n) is 6.40. The van der Waals surface area contributed by atoms with Crippen LogP contribution in [0.25, 0.3) is 11.3 Å². The van der Waals surface area contributed by atoms with Crippen molar-refractivity contribution in [1.29, 1.82) is 0 Å². The van der Waals surface area contributed by atoms with Gasteiger partial charge in [0.15, 0.2) is 0 Å². The van der Waals surface area contributed by atoms with Crippen LogP contribution in [0.5, 0.6) is 0 Å². The van der Waals surface area contributed by atoms with Crippen LogP contribution >= 0.6 is 0 Å². The Hall–Kier alpha value is -2.14. The number of carbonyl (C=O) groups excluding carboxylic acids is 1. The summed E-state index contributed by atoms with van der Waals surface area (Å²) in [6, 6.07) is 9.64. The molecule has 0 saturated heterocycles. The highest BCUT2D eigenvalue weighted by molar-refractivity contribution is 5.96. The Balaban J connectivity index is 2.23. The maximum absolute atomic E-state index is 12.1. The van der Waals surface area contributed by atoms with E-state index in [2.05, 4.69) is 5.10 Å². The highest BCUT2D eigenvalue weighted by Crippen LogP contribution is 2.23. The minimum Gasteiger partial charge on any atom is -0.459 e. The van der Waals surface area contributed by atoms with Gasteiger partial charge in [-0.2, -0.15) is 5.10 Å². The fraction of sp³-hybridized carbons (Fsp3) is 0.333. The number of hydrogen-bond donors (Lipinski definition) is 0. The highest BCUT2D eigenvalue weighted by Gasteiger charge is 2.19. The second-order valence-corrected chi connectivity index (χ2v) is 4.54. The third kappa shape index (κ3) is 3.05. The first kappa shape index (κ1) is 14.3. The van der Waals surface area contributed by atoms with E-state index in [4.69, 9.17) is 9.47 Å². The van der Waals surface area contributed by atoms with Crippen LogP contribution in [0.15, 0.2) is 36.5 Å². The lowest BCUT2D eigenvalue weighted by molar-refractivity contribution is 0.0170. The van der Waals surface area contributed by atoms with Crippen LogP contribution in [0, 0.1) is 0 Å². The number of aromatic nitrogens is 2. The molecule has 0 spiro atoms. The molecule has 1 aromatic heterocycles. The van der Waals surface area contributed by atoms with E-state index in [1.165, 1.54) is 6.20 Å². The van der Waals surface area contributed by atoms with Crippen molar-refractivity contribution in [1.82, 2.24) is 9.78 Å². The standard InChI is InChI=1S/C15H18N2O3/c1-11(19-3)10-20-15(18)13-9-16-17(2)14(13)12-7-5-4-6-8-12/h4-9,11H,10H2,1-3H3/t11-/m0/s1. The SMILES string of the molecule is CO[C@@H](C)COC(=O)c1cnn(C)c1-c1ccccc1. The predicted octanol–water partition coefficient (Wildman–Crippen LogP) is 2.28. The van der Waals surface area contributed by atoms with Gasteiger partial charge in [0.2, 0.25) is 0 Å². The van der Waals surface area contributed by atoms with Gasteiger partial charge in [0.05, 0.1) is 18.0 Å². The molecule has 0 unspecified atom stereocenters. The van der Waals surface area contributed by atoms with E-state index in [0.29, 0.717) is 5.56 Å². The number of ether oxygens (including phenoxy) is 2. The number of benzene rings is 1. The van der Waals surface area contributed by atoms with E-state index in [1.54, 1.807) is 18.8 Å². The van der Waals surface area contributed by atoms with E-state index in [0.717, 1.165) is 11.3 Å². The molecule has 20 heavy (non-hydrogen) atoms. The van der Waals surface area contributed by atoms with E-state index in [1.807, 2.05) is 37.3 Å². The van der Waals surface area contributed by atoms with Gasteiger partial charge in [-0.1, -0.05) is 30.3 Å². The Labute approximate surface area is 118 Å². The van der Waals surface area contributed by atoms with Crippen molar-refractivity contribution in [2.45, 2.75) is 13.0 Å². The highest BCUT2D eigenvalue weighted by atomic mass is 16.6. The fourth-order valence-electron chi connectivity index (χ4n) is 1.86. The van der Waals surface area contributed by atoms with Gasteiger partial charge in [0, 0.05) is 19.7 Å². The third-order valence-electron chi connectivity index (χ3n) is 3.06. The molecule has 0 aliphatic rings. The van der Waals surface area contributed by atoms with Crippen molar-refractivity contribution in [3.8, 4) is 11.3 Å². The molecular formula is C15H18N2O3. The van der Waals surface area contributed by atoms with Gasteiger partial charge in [-0.3, -0.25) is 4.68 Å². The van der Waals surface area contributed by atoms with Gasteiger partial charge in [-0.05, 0) is 6.92 Å². The Kier molecular flexibility index (Phi) is 4.53. The van der Waals surface area contributed by atoms with Gasteiger partial charge in [-0.15, -0.1) is 0 Å². The minimum atomic E-state index is -0.388.